The second-order valence-corrected chi connectivity index (χ2v) is 6.65. The summed E-state index contributed by atoms with van der Waals surface area (Å²) in [4.78, 5) is 37.9. The van der Waals surface area contributed by atoms with Gasteiger partial charge in [0.1, 0.15) is 5.75 Å². The molecule has 2 aromatic carbocycles. The molecular formula is C20H20ClN3O4. The molecule has 0 aromatic heterocycles. The molecule has 0 radical (unpaired) electrons. The van der Waals surface area contributed by atoms with Gasteiger partial charge in [0, 0.05) is 24.7 Å². The van der Waals surface area contributed by atoms with Gasteiger partial charge < -0.3 is 20.3 Å². The molecular weight excluding hydrogens is 382 g/mol. The number of carbonyl (C=O) groups is 3. The number of anilines is 2. The van der Waals surface area contributed by atoms with Crippen molar-refractivity contribution in [2.45, 2.75) is 12.8 Å². The lowest BCUT2D eigenvalue weighted by Crippen LogP contribution is -2.33. The smallest absolute Gasteiger partial charge is 0.253 e. The molecule has 146 valence electrons. The van der Waals surface area contributed by atoms with Crippen LogP contribution in [0.3, 0.4) is 0 Å². The van der Waals surface area contributed by atoms with Crippen molar-refractivity contribution in [3.05, 3.63) is 53.1 Å². The number of hydrogen-bond acceptors (Lipinski definition) is 4. The highest BCUT2D eigenvalue weighted by atomic mass is 35.5. The molecule has 0 bridgehead atoms. The van der Waals surface area contributed by atoms with Crippen LogP contribution in [0.4, 0.5) is 11.4 Å². The zero-order chi connectivity index (χ0) is 20.1. The van der Waals surface area contributed by atoms with E-state index in [0.717, 1.165) is 6.42 Å². The highest BCUT2D eigenvalue weighted by molar-refractivity contribution is 6.33. The van der Waals surface area contributed by atoms with Crippen LogP contribution in [0.25, 0.3) is 0 Å². The maximum Gasteiger partial charge on any atom is 0.253 e. The minimum absolute atomic E-state index is 0.0531. The highest BCUT2D eigenvalue weighted by Gasteiger charge is 2.24. The molecule has 1 aliphatic rings. The van der Waals surface area contributed by atoms with Crippen LogP contribution < -0.4 is 20.3 Å². The average molecular weight is 402 g/mol. The van der Waals surface area contributed by atoms with Gasteiger partial charge in [-0.05, 0) is 30.7 Å². The fourth-order valence-electron chi connectivity index (χ4n) is 2.99. The molecule has 1 heterocycles. The van der Waals surface area contributed by atoms with Crippen LogP contribution in [0.15, 0.2) is 42.5 Å². The van der Waals surface area contributed by atoms with Crippen LogP contribution in [0.5, 0.6) is 5.75 Å². The van der Waals surface area contributed by atoms with Crippen LogP contribution in [0, 0.1) is 0 Å². The normalized spacial score (nSPS) is 13.4. The van der Waals surface area contributed by atoms with Crippen molar-refractivity contribution in [2.75, 3.05) is 30.4 Å². The number of nitrogens with zero attached hydrogens (tertiary/aromatic N) is 1. The third kappa shape index (κ3) is 4.43. The number of hydrogen-bond donors (Lipinski definition) is 2. The summed E-state index contributed by atoms with van der Waals surface area (Å²) in [5, 5.41) is 5.54. The maximum absolute atomic E-state index is 12.2. The fraction of sp³-hybridized carbons (Fsp3) is 0.250. The quantitative estimate of drug-likeness (QED) is 0.779. The number of carbonyl (C=O) groups excluding carboxylic acids is 3. The second-order valence-electron chi connectivity index (χ2n) is 6.25. The summed E-state index contributed by atoms with van der Waals surface area (Å²) >= 11 is 5.97. The van der Waals surface area contributed by atoms with E-state index in [4.69, 9.17) is 16.3 Å². The molecule has 3 amide bonds. The Morgan fingerprint density at radius 3 is 2.68 bits per heavy atom. The fourth-order valence-corrected chi connectivity index (χ4v) is 3.21. The number of ether oxygens (including phenoxy) is 1. The van der Waals surface area contributed by atoms with Gasteiger partial charge in [-0.2, -0.15) is 0 Å². The standard InChI is InChI=1S/C20H20ClN3O4/c1-28-17-11-13(8-9-16(17)24-10-4-7-19(24)26)23-18(25)12-22-20(27)14-5-2-3-6-15(14)21/h2-3,5-6,8-9,11H,4,7,10,12H2,1H3,(H,22,27)(H,23,25). The number of benzene rings is 2. The minimum atomic E-state index is -0.429. The Balaban J connectivity index is 1.62. The third-order valence-electron chi connectivity index (χ3n) is 4.36. The lowest BCUT2D eigenvalue weighted by atomic mass is 10.2. The molecule has 0 unspecified atom stereocenters. The lowest BCUT2D eigenvalue weighted by molar-refractivity contribution is -0.117. The van der Waals surface area contributed by atoms with Crippen molar-refractivity contribution in [3.8, 4) is 5.75 Å². The Labute approximate surface area is 167 Å². The van der Waals surface area contributed by atoms with Gasteiger partial charge in [-0.15, -0.1) is 0 Å². The van der Waals surface area contributed by atoms with Crippen LogP contribution in [0.1, 0.15) is 23.2 Å². The summed E-state index contributed by atoms with van der Waals surface area (Å²) in [7, 11) is 1.51. The molecule has 0 aliphatic carbocycles. The first-order valence-corrected chi connectivity index (χ1v) is 9.18. The molecule has 0 spiro atoms. The molecule has 0 saturated carbocycles. The Hall–Kier alpha value is -3.06. The Morgan fingerprint density at radius 2 is 2.00 bits per heavy atom. The molecule has 1 saturated heterocycles. The topological polar surface area (TPSA) is 87.7 Å². The highest BCUT2D eigenvalue weighted by Crippen LogP contribution is 2.33. The number of rotatable bonds is 6. The summed E-state index contributed by atoms with van der Waals surface area (Å²) in [5.74, 6) is -0.279. The molecule has 1 aliphatic heterocycles. The van der Waals surface area contributed by atoms with Gasteiger partial charge in [0.15, 0.2) is 0 Å². The molecule has 2 N–H and O–H groups in total. The first-order valence-electron chi connectivity index (χ1n) is 8.80. The summed E-state index contributed by atoms with van der Waals surface area (Å²) in [6.45, 7) is 0.438. The summed E-state index contributed by atoms with van der Waals surface area (Å²) < 4.78 is 5.37. The number of methoxy groups -OCH3 is 1. The Kier molecular flexibility index (Phi) is 6.16. The molecule has 2 aromatic rings. The van der Waals surface area contributed by atoms with Gasteiger partial charge in [-0.1, -0.05) is 23.7 Å². The number of amides is 3. The van der Waals surface area contributed by atoms with E-state index in [0.29, 0.717) is 40.7 Å². The summed E-state index contributed by atoms with van der Waals surface area (Å²) in [6.07, 6.45) is 1.33. The van der Waals surface area contributed by atoms with E-state index in [2.05, 4.69) is 10.6 Å². The number of nitrogens with one attached hydrogen (secondary N) is 2. The van der Waals surface area contributed by atoms with E-state index < -0.39 is 11.8 Å². The zero-order valence-corrected chi connectivity index (χ0v) is 16.1. The van der Waals surface area contributed by atoms with Crippen LogP contribution in [-0.4, -0.2) is 37.9 Å². The van der Waals surface area contributed by atoms with Gasteiger partial charge in [0.2, 0.25) is 11.8 Å². The third-order valence-corrected chi connectivity index (χ3v) is 4.69. The van der Waals surface area contributed by atoms with E-state index >= 15 is 0 Å². The molecule has 8 heteroatoms. The molecule has 7 nitrogen and oxygen atoms in total. The Morgan fingerprint density at radius 1 is 1.21 bits per heavy atom. The van der Waals surface area contributed by atoms with Crippen molar-refractivity contribution in [1.82, 2.24) is 5.32 Å². The first kappa shape index (κ1) is 19.7. The molecule has 1 fully saturated rings. The molecule has 28 heavy (non-hydrogen) atoms. The van der Waals surface area contributed by atoms with Gasteiger partial charge in [0.25, 0.3) is 5.91 Å². The van der Waals surface area contributed by atoms with E-state index in [1.807, 2.05) is 0 Å². The van der Waals surface area contributed by atoms with Gasteiger partial charge in [-0.25, -0.2) is 0 Å². The first-order chi connectivity index (χ1) is 13.5. The van der Waals surface area contributed by atoms with E-state index in [9.17, 15) is 14.4 Å². The maximum atomic E-state index is 12.2. The Bertz CT molecular complexity index is 916. The molecule has 3 rings (SSSR count). The zero-order valence-electron chi connectivity index (χ0n) is 15.3. The predicted octanol–water partition coefficient (Wildman–Crippen LogP) is 2.84. The SMILES string of the molecule is COc1cc(NC(=O)CNC(=O)c2ccccc2Cl)ccc1N1CCCC1=O. The van der Waals surface area contributed by atoms with Crippen molar-refractivity contribution in [1.29, 1.82) is 0 Å². The average Bonchev–Trinajstić information content (AvgIpc) is 3.12. The van der Waals surface area contributed by atoms with Crippen LogP contribution >= 0.6 is 11.6 Å². The van der Waals surface area contributed by atoms with Crippen molar-refractivity contribution >= 4 is 40.7 Å². The van der Waals surface area contributed by atoms with Gasteiger partial charge >= 0.3 is 0 Å². The lowest BCUT2D eigenvalue weighted by Gasteiger charge is -2.19. The van der Waals surface area contributed by atoms with Gasteiger partial charge in [-0.3, -0.25) is 14.4 Å². The van der Waals surface area contributed by atoms with Crippen molar-refractivity contribution in [2.24, 2.45) is 0 Å². The van der Waals surface area contributed by atoms with Crippen LogP contribution in [0.2, 0.25) is 5.02 Å². The minimum Gasteiger partial charge on any atom is -0.494 e. The van der Waals surface area contributed by atoms with Gasteiger partial charge in [0.05, 0.1) is 29.9 Å². The largest absolute Gasteiger partial charge is 0.494 e. The summed E-state index contributed by atoms with van der Waals surface area (Å²) in [5.41, 5.74) is 1.48. The van der Waals surface area contributed by atoms with E-state index in [-0.39, 0.29) is 12.5 Å². The summed E-state index contributed by atoms with van der Waals surface area (Å²) in [6, 6.07) is 11.7. The second kappa shape index (κ2) is 8.75. The monoisotopic (exact) mass is 401 g/mol. The van der Waals surface area contributed by atoms with Crippen molar-refractivity contribution in [3.63, 3.8) is 0 Å². The van der Waals surface area contributed by atoms with E-state index in [1.165, 1.54) is 7.11 Å². The number of halogens is 1. The van der Waals surface area contributed by atoms with Crippen LogP contribution in [-0.2, 0) is 9.59 Å². The van der Waals surface area contributed by atoms with E-state index in [1.54, 1.807) is 47.4 Å². The molecule has 0 atom stereocenters. The van der Waals surface area contributed by atoms with Crippen molar-refractivity contribution < 1.29 is 19.1 Å². The predicted molar refractivity (Wildman–Crippen MR) is 107 cm³/mol.